The van der Waals surface area contributed by atoms with E-state index in [1.54, 1.807) is 0 Å². The van der Waals surface area contributed by atoms with Gasteiger partial charge < -0.3 is 9.84 Å². The molecular weight excluding hydrogens is 278 g/mol. The number of pyridine rings is 1. The predicted molar refractivity (Wildman–Crippen MR) is 87.9 cm³/mol. The monoisotopic (exact) mass is 307 g/mol. The van der Waals surface area contributed by atoms with Crippen LogP contribution in [0.2, 0.25) is 0 Å². The van der Waals surface area contributed by atoms with Gasteiger partial charge in [0.2, 0.25) is 0 Å². The Morgan fingerprint density at radius 2 is 2.05 bits per heavy atom. The van der Waals surface area contributed by atoms with Crippen molar-refractivity contribution in [1.29, 1.82) is 0 Å². The Kier molecular flexibility index (Phi) is 6.76. The van der Waals surface area contributed by atoms with Gasteiger partial charge in [-0.25, -0.2) is 0 Å². The number of aliphatic hydroxyl groups is 1. The summed E-state index contributed by atoms with van der Waals surface area (Å²) in [5.74, 6) is 0.442. The molecule has 1 saturated heterocycles. The van der Waals surface area contributed by atoms with Crippen LogP contribution in [0, 0.1) is 0 Å². The minimum absolute atomic E-state index is 0.337. The van der Waals surface area contributed by atoms with Gasteiger partial charge >= 0.3 is 0 Å². The number of hydrogen-bond acceptors (Lipinski definition) is 5. The summed E-state index contributed by atoms with van der Waals surface area (Å²) in [5.41, 5.74) is 2.19. The summed E-state index contributed by atoms with van der Waals surface area (Å²) in [6.45, 7) is 9.82. The summed E-state index contributed by atoms with van der Waals surface area (Å²) < 4.78 is 5.33. The highest BCUT2D eigenvalue weighted by Gasteiger charge is 2.16. The Balaban J connectivity index is 1.79. The molecular formula is C17H29N3O2. The molecule has 5 heteroatoms. The molecule has 2 rings (SSSR count). The molecule has 1 N–H and O–H groups in total. The minimum atomic E-state index is -0.337. The summed E-state index contributed by atoms with van der Waals surface area (Å²) in [5, 5.41) is 10.2. The number of likely N-dealkylation sites (N-methyl/N-ethyl adjacent to an activating group) is 1. The van der Waals surface area contributed by atoms with Gasteiger partial charge in [0.05, 0.1) is 25.0 Å². The molecule has 0 bridgehead atoms. The minimum Gasteiger partial charge on any atom is -0.390 e. The fourth-order valence-corrected chi connectivity index (χ4v) is 2.75. The Morgan fingerprint density at radius 3 is 2.73 bits per heavy atom. The molecule has 1 aliphatic heterocycles. The summed E-state index contributed by atoms with van der Waals surface area (Å²) in [7, 11) is 2.03. The molecule has 22 heavy (non-hydrogen) atoms. The van der Waals surface area contributed by atoms with E-state index in [1.165, 1.54) is 0 Å². The number of rotatable bonds is 7. The van der Waals surface area contributed by atoms with Crippen LogP contribution in [-0.2, 0) is 11.3 Å². The third kappa shape index (κ3) is 5.65. The smallest absolute Gasteiger partial charge is 0.0793 e. The number of aromatic nitrogens is 1. The highest BCUT2D eigenvalue weighted by molar-refractivity contribution is 5.13. The van der Waals surface area contributed by atoms with Crippen LogP contribution in [-0.4, -0.2) is 72.4 Å². The maximum Gasteiger partial charge on any atom is 0.0793 e. The van der Waals surface area contributed by atoms with Crippen molar-refractivity contribution in [2.24, 2.45) is 0 Å². The fourth-order valence-electron chi connectivity index (χ4n) is 2.75. The summed E-state index contributed by atoms with van der Waals surface area (Å²) in [6.07, 6.45) is -0.337. The molecule has 0 spiro atoms. The van der Waals surface area contributed by atoms with Gasteiger partial charge in [-0.3, -0.25) is 14.8 Å². The lowest BCUT2D eigenvalue weighted by Gasteiger charge is -2.30. The van der Waals surface area contributed by atoms with Crippen LogP contribution < -0.4 is 0 Å². The van der Waals surface area contributed by atoms with Crippen molar-refractivity contribution in [3.8, 4) is 0 Å². The van der Waals surface area contributed by atoms with E-state index in [1.807, 2.05) is 7.05 Å². The molecule has 1 fully saturated rings. The summed E-state index contributed by atoms with van der Waals surface area (Å²) >= 11 is 0. The van der Waals surface area contributed by atoms with Crippen molar-refractivity contribution >= 4 is 0 Å². The zero-order valence-corrected chi connectivity index (χ0v) is 14.0. The average Bonchev–Trinajstić information content (AvgIpc) is 2.48. The number of nitrogens with zero attached hydrogens (tertiary/aromatic N) is 3. The SMILES string of the molecule is CC(C)c1cccc(CN(C)CC(O)CN2CCOCC2)n1. The number of morpholine rings is 1. The third-order valence-electron chi connectivity index (χ3n) is 3.95. The third-order valence-corrected chi connectivity index (χ3v) is 3.95. The molecule has 0 aliphatic carbocycles. The van der Waals surface area contributed by atoms with Crippen molar-refractivity contribution in [1.82, 2.24) is 14.8 Å². The van der Waals surface area contributed by atoms with Gasteiger partial charge in [0, 0.05) is 38.4 Å². The van der Waals surface area contributed by atoms with Crippen molar-refractivity contribution in [2.75, 3.05) is 46.4 Å². The highest BCUT2D eigenvalue weighted by Crippen LogP contribution is 2.12. The maximum atomic E-state index is 10.2. The van der Waals surface area contributed by atoms with E-state index < -0.39 is 0 Å². The molecule has 0 amide bonds. The first kappa shape index (κ1) is 17.3. The maximum absolute atomic E-state index is 10.2. The fraction of sp³-hybridized carbons (Fsp3) is 0.706. The number of ether oxygens (including phenoxy) is 1. The molecule has 1 atom stereocenters. The molecule has 1 unspecified atom stereocenters. The Hall–Kier alpha value is -1.01. The van der Waals surface area contributed by atoms with Crippen LogP contribution >= 0.6 is 0 Å². The Bertz CT molecular complexity index is 447. The van der Waals surface area contributed by atoms with E-state index in [0.717, 1.165) is 44.2 Å². The van der Waals surface area contributed by atoms with Gasteiger partial charge in [-0.1, -0.05) is 19.9 Å². The Morgan fingerprint density at radius 1 is 1.32 bits per heavy atom. The zero-order chi connectivity index (χ0) is 15.9. The highest BCUT2D eigenvalue weighted by atomic mass is 16.5. The van der Waals surface area contributed by atoms with E-state index in [2.05, 4.69) is 46.8 Å². The standard InChI is InChI=1S/C17H29N3O2/c1-14(2)17-6-4-5-15(18-17)11-19(3)12-16(21)13-20-7-9-22-10-8-20/h4-6,14,16,21H,7-13H2,1-3H3. The number of β-amino-alcohol motifs (C(OH)–C–C–N with tert-alkyl or cyclic N) is 1. The van der Waals surface area contributed by atoms with Crippen LogP contribution in [0.1, 0.15) is 31.2 Å². The van der Waals surface area contributed by atoms with Crippen LogP contribution in [0.3, 0.4) is 0 Å². The van der Waals surface area contributed by atoms with Crippen LogP contribution in [0.15, 0.2) is 18.2 Å². The average molecular weight is 307 g/mol. The molecule has 0 saturated carbocycles. The first-order chi connectivity index (χ1) is 10.5. The van der Waals surface area contributed by atoms with Crippen LogP contribution in [0.4, 0.5) is 0 Å². The largest absolute Gasteiger partial charge is 0.390 e. The van der Waals surface area contributed by atoms with E-state index in [9.17, 15) is 5.11 Å². The lowest BCUT2D eigenvalue weighted by molar-refractivity contribution is 0.00818. The normalized spacial score (nSPS) is 18.1. The van der Waals surface area contributed by atoms with E-state index in [-0.39, 0.29) is 6.10 Å². The molecule has 5 nitrogen and oxygen atoms in total. The second-order valence-electron chi connectivity index (χ2n) is 6.47. The van der Waals surface area contributed by atoms with E-state index in [4.69, 9.17) is 4.74 Å². The second-order valence-corrected chi connectivity index (χ2v) is 6.47. The molecule has 1 aromatic heterocycles. The van der Waals surface area contributed by atoms with Crippen molar-refractivity contribution < 1.29 is 9.84 Å². The molecule has 0 radical (unpaired) electrons. The van der Waals surface area contributed by atoms with Crippen LogP contribution in [0.25, 0.3) is 0 Å². The van der Waals surface area contributed by atoms with Crippen molar-refractivity contribution in [3.63, 3.8) is 0 Å². The molecule has 124 valence electrons. The molecule has 2 heterocycles. The summed E-state index contributed by atoms with van der Waals surface area (Å²) in [4.78, 5) is 9.08. The topological polar surface area (TPSA) is 48.8 Å². The number of hydrogen-bond donors (Lipinski definition) is 1. The predicted octanol–water partition coefficient (Wildman–Crippen LogP) is 1.33. The van der Waals surface area contributed by atoms with E-state index in [0.29, 0.717) is 19.0 Å². The quantitative estimate of drug-likeness (QED) is 0.823. The van der Waals surface area contributed by atoms with Gasteiger partial charge in [-0.05, 0) is 25.1 Å². The lowest BCUT2D eigenvalue weighted by Crippen LogP contribution is -2.44. The second kappa shape index (κ2) is 8.58. The number of aliphatic hydroxyl groups excluding tert-OH is 1. The van der Waals surface area contributed by atoms with Gasteiger partial charge in [0.1, 0.15) is 0 Å². The van der Waals surface area contributed by atoms with Crippen molar-refractivity contribution in [3.05, 3.63) is 29.6 Å². The zero-order valence-electron chi connectivity index (χ0n) is 14.0. The van der Waals surface area contributed by atoms with Gasteiger partial charge in [-0.15, -0.1) is 0 Å². The van der Waals surface area contributed by atoms with E-state index >= 15 is 0 Å². The Labute approximate surface area is 133 Å². The first-order valence-electron chi connectivity index (χ1n) is 8.17. The van der Waals surface area contributed by atoms with Gasteiger partial charge in [-0.2, -0.15) is 0 Å². The molecule has 1 aromatic rings. The van der Waals surface area contributed by atoms with Gasteiger partial charge in [0.15, 0.2) is 0 Å². The summed E-state index contributed by atoms with van der Waals surface area (Å²) in [6, 6.07) is 6.19. The lowest BCUT2D eigenvalue weighted by atomic mass is 10.1. The van der Waals surface area contributed by atoms with Gasteiger partial charge in [0.25, 0.3) is 0 Å². The van der Waals surface area contributed by atoms with Crippen LogP contribution in [0.5, 0.6) is 0 Å². The van der Waals surface area contributed by atoms with Crippen molar-refractivity contribution in [2.45, 2.75) is 32.4 Å². The molecule has 1 aliphatic rings. The first-order valence-corrected chi connectivity index (χ1v) is 8.17. The molecule has 0 aromatic carbocycles.